The molecular formula is C21H35N5. The minimum atomic E-state index is 0.579. The summed E-state index contributed by atoms with van der Waals surface area (Å²) in [5.41, 5.74) is 1.13. The van der Waals surface area contributed by atoms with E-state index in [1.54, 1.807) is 0 Å². The van der Waals surface area contributed by atoms with Gasteiger partial charge in [0.05, 0.1) is 0 Å². The smallest absolute Gasteiger partial charge is 0.198 e. The molecule has 2 heterocycles. The van der Waals surface area contributed by atoms with E-state index in [1.807, 2.05) is 0 Å². The fourth-order valence-electron chi connectivity index (χ4n) is 3.75. The van der Waals surface area contributed by atoms with Crippen LogP contribution >= 0.6 is 0 Å². The van der Waals surface area contributed by atoms with Gasteiger partial charge in [0.25, 0.3) is 0 Å². The van der Waals surface area contributed by atoms with Gasteiger partial charge in [0.1, 0.15) is 0 Å². The molecule has 0 amide bonds. The number of rotatable bonds is 5. The molecule has 0 radical (unpaired) electrons. The van der Waals surface area contributed by atoms with Gasteiger partial charge in [0.15, 0.2) is 5.96 Å². The second-order valence-corrected chi connectivity index (χ2v) is 7.91. The summed E-state index contributed by atoms with van der Waals surface area (Å²) in [5, 5.41) is 3.57. The van der Waals surface area contributed by atoms with Crippen LogP contribution in [0.1, 0.15) is 26.2 Å². The summed E-state index contributed by atoms with van der Waals surface area (Å²) in [7, 11) is 2.21. The number of para-hydroxylation sites is 1. The van der Waals surface area contributed by atoms with Crippen molar-refractivity contribution in [3.8, 4) is 0 Å². The summed E-state index contributed by atoms with van der Waals surface area (Å²) in [5.74, 6) is 1.64. The number of hydrogen-bond acceptors (Lipinski definition) is 3. The number of nitrogens with zero attached hydrogens (tertiary/aromatic N) is 4. The molecule has 0 saturated carbocycles. The van der Waals surface area contributed by atoms with E-state index in [0.29, 0.717) is 5.92 Å². The second kappa shape index (κ2) is 9.93. The molecule has 5 heteroatoms. The summed E-state index contributed by atoms with van der Waals surface area (Å²) in [6.07, 6.45) is 3.88. The number of anilines is 1. The van der Waals surface area contributed by atoms with Crippen molar-refractivity contribution >= 4 is 11.6 Å². The van der Waals surface area contributed by atoms with Gasteiger partial charge in [-0.05, 0) is 44.4 Å². The van der Waals surface area contributed by atoms with Crippen LogP contribution in [-0.2, 0) is 0 Å². The van der Waals surface area contributed by atoms with E-state index >= 15 is 0 Å². The molecule has 5 nitrogen and oxygen atoms in total. The topological polar surface area (TPSA) is 34.1 Å². The van der Waals surface area contributed by atoms with E-state index in [0.717, 1.165) is 37.8 Å². The highest BCUT2D eigenvalue weighted by molar-refractivity contribution is 5.93. The van der Waals surface area contributed by atoms with Gasteiger partial charge in [-0.1, -0.05) is 25.1 Å². The molecule has 2 saturated heterocycles. The number of aliphatic imine (C=N–C) groups is 1. The fraction of sp³-hybridized carbons (Fsp3) is 0.667. The third-order valence-electron chi connectivity index (χ3n) is 5.40. The van der Waals surface area contributed by atoms with Crippen molar-refractivity contribution in [3.63, 3.8) is 0 Å². The monoisotopic (exact) mass is 357 g/mol. The highest BCUT2D eigenvalue weighted by Crippen LogP contribution is 2.13. The van der Waals surface area contributed by atoms with Gasteiger partial charge in [-0.3, -0.25) is 4.99 Å². The molecule has 1 aromatic carbocycles. The maximum Gasteiger partial charge on any atom is 0.198 e. The number of nitrogens with one attached hydrogen (secondary N) is 1. The number of likely N-dealkylation sites (N-methyl/N-ethyl adjacent to an activating group) is 1. The summed E-state index contributed by atoms with van der Waals surface area (Å²) in [6.45, 7) is 11.3. The summed E-state index contributed by atoms with van der Waals surface area (Å²) in [6, 6.07) is 10.4. The van der Waals surface area contributed by atoms with Crippen molar-refractivity contribution in [2.75, 3.05) is 64.7 Å². The van der Waals surface area contributed by atoms with Crippen LogP contribution in [0.15, 0.2) is 35.3 Å². The van der Waals surface area contributed by atoms with Gasteiger partial charge in [-0.15, -0.1) is 0 Å². The minimum absolute atomic E-state index is 0.579. The lowest BCUT2D eigenvalue weighted by Crippen LogP contribution is -2.46. The van der Waals surface area contributed by atoms with Crippen LogP contribution in [0.5, 0.6) is 0 Å². The number of benzene rings is 1. The quantitative estimate of drug-likeness (QED) is 0.649. The van der Waals surface area contributed by atoms with Crippen molar-refractivity contribution in [1.82, 2.24) is 14.7 Å². The van der Waals surface area contributed by atoms with Crippen molar-refractivity contribution in [1.29, 1.82) is 0 Å². The zero-order valence-corrected chi connectivity index (χ0v) is 16.5. The highest BCUT2D eigenvalue weighted by Gasteiger charge is 2.18. The summed E-state index contributed by atoms with van der Waals surface area (Å²) in [4.78, 5) is 12.4. The lowest BCUT2D eigenvalue weighted by Gasteiger charge is -2.34. The molecule has 0 bridgehead atoms. The lowest BCUT2D eigenvalue weighted by molar-refractivity contribution is 0.140. The molecule has 2 aliphatic rings. The first-order chi connectivity index (χ1) is 12.7. The Kier molecular flexibility index (Phi) is 7.32. The number of hydrogen-bond donors (Lipinski definition) is 1. The zero-order valence-electron chi connectivity index (χ0n) is 16.5. The molecule has 144 valence electrons. The van der Waals surface area contributed by atoms with E-state index in [-0.39, 0.29) is 0 Å². The predicted octanol–water partition coefficient (Wildman–Crippen LogP) is 2.82. The van der Waals surface area contributed by atoms with Gasteiger partial charge >= 0.3 is 0 Å². The fourth-order valence-corrected chi connectivity index (χ4v) is 3.75. The average Bonchev–Trinajstić information content (AvgIpc) is 2.68. The van der Waals surface area contributed by atoms with Crippen molar-refractivity contribution in [2.24, 2.45) is 10.9 Å². The molecule has 0 spiro atoms. The first-order valence-corrected chi connectivity index (χ1v) is 10.2. The van der Waals surface area contributed by atoms with Crippen molar-refractivity contribution < 1.29 is 0 Å². The Morgan fingerprint density at radius 1 is 1.00 bits per heavy atom. The van der Waals surface area contributed by atoms with Crippen molar-refractivity contribution in [3.05, 3.63) is 30.3 Å². The molecular weight excluding hydrogens is 322 g/mol. The number of piperazine rings is 1. The first kappa shape index (κ1) is 19.2. The van der Waals surface area contributed by atoms with E-state index in [1.165, 1.54) is 45.4 Å². The normalized spacial score (nSPS) is 21.6. The largest absolute Gasteiger partial charge is 0.343 e. The average molecular weight is 358 g/mol. The standard InChI is InChI=1S/C21H35N5/c1-19(18-25-15-13-24(2)14-16-25)17-22-21(26-11-7-4-8-12-26)23-20-9-5-3-6-10-20/h3,5-6,9-10,19H,4,7-8,11-18H2,1-2H3,(H,22,23). The zero-order chi connectivity index (χ0) is 18.2. The van der Waals surface area contributed by atoms with E-state index < -0.39 is 0 Å². The van der Waals surface area contributed by atoms with Gasteiger partial charge in [-0.25, -0.2) is 0 Å². The van der Waals surface area contributed by atoms with Crippen LogP contribution in [0.2, 0.25) is 0 Å². The van der Waals surface area contributed by atoms with E-state index in [9.17, 15) is 0 Å². The van der Waals surface area contributed by atoms with Crippen molar-refractivity contribution in [2.45, 2.75) is 26.2 Å². The predicted molar refractivity (Wildman–Crippen MR) is 111 cm³/mol. The summed E-state index contributed by atoms with van der Waals surface area (Å²) >= 11 is 0. The molecule has 1 unspecified atom stereocenters. The molecule has 2 fully saturated rings. The maximum absolute atomic E-state index is 5.02. The molecule has 26 heavy (non-hydrogen) atoms. The number of guanidine groups is 1. The third kappa shape index (κ3) is 5.99. The van der Waals surface area contributed by atoms with Gasteiger partial charge in [0, 0.05) is 58.0 Å². The van der Waals surface area contributed by atoms with Crippen LogP contribution in [0.4, 0.5) is 5.69 Å². The maximum atomic E-state index is 5.02. The molecule has 0 aliphatic carbocycles. The number of likely N-dealkylation sites (tertiary alicyclic amines) is 1. The Morgan fingerprint density at radius 2 is 1.69 bits per heavy atom. The van der Waals surface area contributed by atoms with E-state index in [2.05, 4.69) is 64.3 Å². The third-order valence-corrected chi connectivity index (χ3v) is 5.40. The highest BCUT2D eigenvalue weighted by atomic mass is 15.3. The Balaban J connectivity index is 1.57. The van der Waals surface area contributed by atoms with Crippen LogP contribution in [0.25, 0.3) is 0 Å². The van der Waals surface area contributed by atoms with Crippen LogP contribution in [0, 0.1) is 5.92 Å². The minimum Gasteiger partial charge on any atom is -0.343 e. The molecule has 3 rings (SSSR count). The molecule has 1 N–H and O–H groups in total. The molecule has 2 aliphatic heterocycles. The molecule has 1 atom stereocenters. The molecule has 1 aromatic rings. The Morgan fingerprint density at radius 3 is 2.38 bits per heavy atom. The Labute approximate surface area is 159 Å². The van der Waals surface area contributed by atoms with Crippen LogP contribution in [-0.4, -0.2) is 80.1 Å². The lowest BCUT2D eigenvalue weighted by atomic mass is 10.1. The Hall–Kier alpha value is -1.59. The van der Waals surface area contributed by atoms with Crippen LogP contribution in [0.3, 0.4) is 0 Å². The van der Waals surface area contributed by atoms with Gasteiger partial charge in [0.2, 0.25) is 0 Å². The van der Waals surface area contributed by atoms with E-state index in [4.69, 9.17) is 4.99 Å². The number of piperidine rings is 1. The molecule has 0 aromatic heterocycles. The van der Waals surface area contributed by atoms with Gasteiger partial charge < -0.3 is 20.0 Å². The van der Waals surface area contributed by atoms with Gasteiger partial charge in [-0.2, -0.15) is 0 Å². The second-order valence-electron chi connectivity index (χ2n) is 7.91. The van der Waals surface area contributed by atoms with Crippen LogP contribution < -0.4 is 5.32 Å². The Bertz CT molecular complexity index is 545. The SMILES string of the molecule is CC(CN=C(Nc1ccccc1)N1CCCCC1)CN1CCN(C)CC1. The first-order valence-electron chi connectivity index (χ1n) is 10.2. The summed E-state index contributed by atoms with van der Waals surface area (Å²) < 4.78 is 0.